The van der Waals surface area contributed by atoms with E-state index in [0.29, 0.717) is 6.04 Å². The van der Waals surface area contributed by atoms with Gasteiger partial charge in [-0.3, -0.25) is 0 Å². The molecular formula is C14H23NS2. The van der Waals surface area contributed by atoms with Crippen LogP contribution in [0, 0.1) is 6.92 Å². The molecule has 0 radical (unpaired) electrons. The maximum atomic E-state index is 3.75. The summed E-state index contributed by atoms with van der Waals surface area (Å²) in [4.78, 5) is 1.43. The van der Waals surface area contributed by atoms with E-state index in [1.54, 1.807) is 0 Å². The van der Waals surface area contributed by atoms with Gasteiger partial charge in [0.1, 0.15) is 0 Å². The third kappa shape index (κ3) is 3.73. The lowest BCUT2D eigenvalue weighted by molar-refractivity contribution is 0.480. The number of hydrogen-bond acceptors (Lipinski definition) is 3. The fourth-order valence-electron chi connectivity index (χ4n) is 2.42. The Hall–Kier alpha value is 0.01000. The average Bonchev–Trinajstić information content (AvgIpc) is 2.78. The summed E-state index contributed by atoms with van der Waals surface area (Å²) in [6, 6.07) is 2.94. The van der Waals surface area contributed by atoms with Crippen LogP contribution >= 0.6 is 23.1 Å². The molecule has 2 unspecified atom stereocenters. The van der Waals surface area contributed by atoms with Gasteiger partial charge in [-0.05, 0) is 55.5 Å². The zero-order valence-corrected chi connectivity index (χ0v) is 12.5. The first-order valence-electron chi connectivity index (χ1n) is 6.71. The van der Waals surface area contributed by atoms with Gasteiger partial charge < -0.3 is 5.32 Å². The minimum Gasteiger partial charge on any atom is -0.309 e. The molecule has 0 saturated carbocycles. The van der Waals surface area contributed by atoms with E-state index < -0.39 is 0 Å². The van der Waals surface area contributed by atoms with Crippen LogP contribution < -0.4 is 5.32 Å². The van der Waals surface area contributed by atoms with Crippen molar-refractivity contribution in [1.82, 2.24) is 5.32 Å². The normalized spacial score (nSPS) is 22.6. The lowest BCUT2D eigenvalue weighted by atomic mass is 10.0. The summed E-state index contributed by atoms with van der Waals surface area (Å²) in [5.41, 5.74) is 1.51. The summed E-state index contributed by atoms with van der Waals surface area (Å²) in [5.74, 6) is 1.35. The van der Waals surface area contributed by atoms with E-state index in [9.17, 15) is 0 Å². The highest BCUT2D eigenvalue weighted by atomic mass is 32.2. The summed E-state index contributed by atoms with van der Waals surface area (Å²) >= 11 is 4.05. The van der Waals surface area contributed by atoms with Crippen molar-refractivity contribution in [3.8, 4) is 0 Å². The third-order valence-corrected chi connectivity index (χ3v) is 5.65. The van der Waals surface area contributed by atoms with Crippen LogP contribution in [0.15, 0.2) is 11.4 Å². The van der Waals surface area contributed by atoms with Crippen molar-refractivity contribution in [3.63, 3.8) is 0 Å². The Morgan fingerprint density at radius 1 is 1.47 bits per heavy atom. The van der Waals surface area contributed by atoms with E-state index in [1.165, 1.54) is 41.9 Å². The molecule has 1 N–H and O–H groups in total. The highest BCUT2D eigenvalue weighted by molar-refractivity contribution is 8.00. The van der Waals surface area contributed by atoms with Gasteiger partial charge in [-0.1, -0.05) is 13.3 Å². The molecular weight excluding hydrogens is 246 g/mol. The summed E-state index contributed by atoms with van der Waals surface area (Å²) in [5, 5.41) is 6.88. The molecule has 96 valence electrons. The minimum absolute atomic E-state index is 0.574. The Balaban J connectivity index is 2.06. The van der Waals surface area contributed by atoms with Gasteiger partial charge in [0.2, 0.25) is 0 Å². The van der Waals surface area contributed by atoms with Crippen molar-refractivity contribution >= 4 is 23.1 Å². The van der Waals surface area contributed by atoms with Crippen LogP contribution in [-0.4, -0.2) is 17.5 Å². The van der Waals surface area contributed by atoms with Gasteiger partial charge in [0.05, 0.1) is 0 Å². The molecule has 1 fully saturated rings. The maximum absolute atomic E-state index is 3.75. The lowest BCUT2D eigenvalue weighted by Crippen LogP contribution is -2.32. The van der Waals surface area contributed by atoms with Crippen LogP contribution in [0.5, 0.6) is 0 Å². The van der Waals surface area contributed by atoms with E-state index >= 15 is 0 Å². The highest BCUT2D eigenvalue weighted by Gasteiger charge is 2.25. The molecule has 1 aliphatic rings. The topological polar surface area (TPSA) is 12.0 Å². The van der Waals surface area contributed by atoms with Crippen molar-refractivity contribution in [2.24, 2.45) is 0 Å². The average molecular weight is 269 g/mol. The molecule has 1 aliphatic heterocycles. The maximum Gasteiger partial charge on any atom is 0.0448 e. The van der Waals surface area contributed by atoms with Crippen LogP contribution in [-0.2, 0) is 0 Å². The number of nitrogens with one attached hydrogen (secondary N) is 1. The second-order valence-electron chi connectivity index (χ2n) is 4.83. The molecule has 2 heterocycles. The Bertz CT molecular complexity index is 329. The van der Waals surface area contributed by atoms with E-state index in [1.807, 2.05) is 11.3 Å². The van der Waals surface area contributed by atoms with E-state index in [2.05, 4.69) is 42.4 Å². The number of thiophene rings is 1. The molecule has 0 aromatic carbocycles. The molecule has 17 heavy (non-hydrogen) atoms. The molecule has 2 rings (SSSR count). The van der Waals surface area contributed by atoms with Gasteiger partial charge in [-0.2, -0.15) is 11.8 Å². The minimum atomic E-state index is 0.574. The van der Waals surface area contributed by atoms with E-state index in [4.69, 9.17) is 0 Å². The Morgan fingerprint density at radius 3 is 2.94 bits per heavy atom. The van der Waals surface area contributed by atoms with Crippen molar-refractivity contribution in [2.45, 2.75) is 50.8 Å². The number of thioether (sulfide) groups is 1. The zero-order chi connectivity index (χ0) is 12.1. The standard InChI is InChI=1S/C14H23NS2/c1-3-7-15-14(12-9-11(2)17-10-12)13-6-4-5-8-16-13/h9-10,13-15H,3-8H2,1-2H3. The molecule has 2 atom stereocenters. The van der Waals surface area contributed by atoms with Crippen LogP contribution in [0.1, 0.15) is 49.1 Å². The lowest BCUT2D eigenvalue weighted by Gasteiger charge is -2.30. The molecule has 3 heteroatoms. The van der Waals surface area contributed by atoms with Crippen molar-refractivity contribution < 1.29 is 0 Å². The van der Waals surface area contributed by atoms with Crippen molar-refractivity contribution in [3.05, 3.63) is 21.9 Å². The molecule has 0 bridgehead atoms. The van der Waals surface area contributed by atoms with Gasteiger partial charge in [-0.25, -0.2) is 0 Å². The SMILES string of the molecule is CCCNC(c1csc(C)c1)C1CCCCS1. The smallest absolute Gasteiger partial charge is 0.0448 e. The molecule has 1 saturated heterocycles. The van der Waals surface area contributed by atoms with Gasteiger partial charge in [0.25, 0.3) is 0 Å². The summed E-state index contributed by atoms with van der Waals surface area (Å²) < 4.78 is 0. The summed E-state index contributed by atoms with van der Waals surface area (Å²) in [7, 11) is 0. The molecule has 1 aromatic rings. The number of aryl methyl sites for hydroxylation is 1. The predicted octanol–water partition coefficient (Wildman–Crippen LogP) is 4.38. The van der Waals surface area contributed by atoms with Gasteiger partial charge in [0.15, 0.2) is 0 Å². The van der Waals surface area contributed by atoms with Crippen molar-refractivity contribution in [2.75, 3.05) is 12.3 Å². The van der Waals surface area contributed by atoms with Crippen molar-refractivity contribution in [1.29, 1.82) is 0 Å². The van der Waals surface area contributed by atoms with Gasteiger partial charge >= 0.3 is 0 Å². The third-order valence-electron chi connectivity index (χ3n) is 3.31. The molecule has 0 amide bonds. The zero-order valence-electron chi connectivity index (χ0n) is 10.9. The second-order valence-corrected chi connectivity index (χ2v) is 7.29. The van der Waals surface area contributed by atoms with Gasteiger partial charge in [-0.15, -0.1) is 11.3 Å². The predicted molar refractivity (Wildman–Crippen MR) is 80.2 cm³/mol. The summed E-state index contributed by atoms with van der Waals surface area (Å²) in [6.45, 7) is 5.59. The van der Waals surface area contributed by atoms with Crippen LogP contribution in [0.2, 0.25) is 0 Å². The highest BCUT2D eigenvalue weighted by Crippen LogP contribution is 2.36. The monoisotopic (exact) mass is 269 g/mol. The van der Waals surface area contributed by atoms with E-state index in [0.717, 1.165) is 11.8 Å². The quantitative estimate of drug-likeness (QED) is 0.851. The Kier molecular flexibility index (Phi) is 5.39. The second kappa shape index (κ2) is 6.81. The largest absolute Gasteiger partial charge is 0.309 e. The fourth-order valence-corrected chi connectivity index (χ4v) is 4.61. The number of rotatable bonds is 5. The summed E-state index contributed by atoms with van der Waals surface area (Å²) in [6.07, 6.45) is 5.41. The fraction of sp³-hybridized carbons (Fsp3) is 0.714. The Labute approximate surface area is 113 Å². The first-order valence-corrected chi connectivity index (χ1v) is 8.64. The Morgan fingerprint density at radius 2 is 2.35 bits per heavy atom. The first-order chi connectivity index (χ1) is 8.31. The van der Waals surface area contributed by atoms with E-state index in [-0.39, 0.29) is 0 Å². The molecule has 1 nitrogen and oxygen atoms in total. The molecule has 1 aromatic heterocycles. The van der Waals surface area contributed by atoms with Crippen LogP contribution in [0.4, 0.5) is 0 Å². The first kappa shape index (κ1) is 13.4. The van der Waals surface area contributed by atoms with Crippen LogP contribution in [0.25, 0.3) is 0 Å². The van der Waals surface area contributed by atoms with Crippen LogP contribution in [0.3, 0.4) is 0 Å². The molecule has 0 spiro atoms. The molecule has 0 aliphatic carbocycles. The van der Waals surface area contributed by atoms with Gasteiger partial charge in [0, 0.05) is 16.2 Å². The number of hydrogen-bond donors (Lipinski definition) is 1.